The maximum Gasteiger partial charge on any atom is 0.133 e. The second-order valence-electron chi connectivity index (χ2n) is 13.1. The molecule has 0 aromatic heterocycles. The van der Waals surface area contributed by atoms with Gasteiger partial charge in [-0.1, -0.05) is 74.4 Å². The van der Waals surface area contributed by atoms with Gasteiger partial charge in [0.05, 0.1) is 8.95 Å². The van der Waals surface area contributed by atoms with Crippen LogP contribution >= 0.6 is 31.9 Å². The van der Waals surface area contributed by atoms with Crippen molar-refractivity contribution >= 4 is 31.9 Å². The SMILES string of the molecule is CC1CC(C)(C)CC(c2cc(Br)c(O)c(C(C)(C)C)c2)(c2cc(Br)c(O)c(C(C)(C)C)c2)C1. The lowest BCUT2D eigenvalue weighted by atomic mass is 9.55. The highest BCUT2D eigenvalue weighted by atomic mass is 79.9. The minimum Gasteiger partial charge on any atom is -0.506 e. The Morgan fingerprint density at radius 3 is 1.48 bits per heavy atom. The van der Waals surface area contributed by atoms with Crippen molar-refractivity contribution in [2.75, 3.05) is 0 Å². The summed E-state index contributed by atoms with van der Waals surface area (Å²) in [5.74, 6) is 1.20. The summed E-state index contributed by atoms with van der Waals surface area (Å²) < 4.78 is 1.49. The van der Waals surface area contributed by atoms with Crippen LogP contribution in [0.1, 0.15) is 104 Å². The highest BCUT2D eigenvalue weighted by molar-refractivity contribution is 9.10. The van der Waals surface area contributed by atoms with Gasteiger partial charge in [-0.25, -0.2) is 0 Å². The zero-order chi connectivity index (χ0) is 25.1. The Morgan fingerprint density at radius 1 is 0.758 bits per heavy atom. The van der Waals surface area contributed by atoms with Gasteiger partial charge in [-0.2, -0.15) is 0 Å². The van der Waals surface area contributed by atoms with Crippen LogP contribution in [0.4, 0.5) is 0 Å². The third-order valence-electron chi connectivity index (χ3n) is 7.23. The molecule has 0 amide bonds. The third kappa shape index (κ3) is 5.17. The maximum absolute atomic E-state index is 10.9. The highest BCUT2D eigenvalue weighted by Crippen LogP contribution is 2.56. The molecule has 3 rings (SSSR count). The smallest absolute Gasteiger partial charge is 0.133 e. The molecule has 0 spiro atoms. The molecule has 2 aromatic carbocycles. The molecule has 2 nitrogen and oxygen atoms in total. The third-order valence-corrected chi connectivity index (χ3v) is 8.44. The van der Waals surface area contributed by atoms with Crippen LogP contribution in [0.3, 0.4) is 0 Å². The molecular formula is C29H40Br2O2. The lowest BCUT2D eigenvalue weighted by Crippen LogP contribution is -2.41. The van der Waals surface area contributed by atoms with Crippen LogP contribution in [-0.4, -0.2) is 10.2 Å². The van der Waals surface area contributed by atoms with Gasteiger partial charge in [0.1, 0.15) is 11.5 Å². The topological polar surface area (TPSA) is 40.5 Å². The van der Waals surface area contributed by atoms with E-state index in [1.165, 1.54) is 17.5 Å². The molecule has 2 N–H and O–H groups in total. The van der Waals surface area contributed by atoms with Crippen molar-refractivity contribution in [2.24, 2.45) is 11.3 Å². The van der Waals surface area contributed by atoms with Crippen LogP contribution in [0.15, 0.2) is 33.2 Å². The number of hydrogen-bond donors (Lipinski definition) is 2. The van der Waals surface area contributed by atoms with E-state index in [2.05, 4.69) is 118 Å². The summed E-state index contributed by atoms with van der Waals surface area (Å²) in [5, 5.41) is 21.8. The first-order valence-corrected chi connectivity index (χ1v) is 13.5. The fraction of sp³-hybridized carbons (Fsp3) is 0.586. The van der Waals surface area contributed by atoms with Crippen LogP contribution in [0, 0.1) is 11.3 Å². The quantitative estimate of drug-likeness (QED) is 0.372. The summed E-state index contributed by atoms with van der Waals surface area (Å²) in [5.41, 5.74) is 3.93. The van der Waals surface area contributed by atoms with Gasteiger partial charge in [-0.3, -0.25) is 0 Å². The predicted molar refractivity (Wildman–Crippen MR) is 147 cm³/mol. The Hall–Kier alpha value is -1.00. The van der Waals surface area contributed by atoms with E-state index in [1.807, 2.05) is 0 Å². The fourth-order valence-corrected chi connectivity index (χ4v) is 6.99. The molecule has 0 saturated heterocycles. The fourth-order valence-electron chi connectivity index (χ4n) is 6.07. The Labute approximate surface area is 217 Å². The number of halogens is 2. The molecule has 1 unspecified atom stereocenters. The van der Waals surface area contributed by atoms with Gasteiger partial charge in [0.25, 0.3) is 0 Å². The Kier molecular flexibility index (Phi) is 6.92. The van der Waals surface area contributed by atoms with Gasteiger partial charge in [-0.05, 0) is 96.5 Å². The minimum absolute atomic E-state index is 0.163. The molecular weight excluding hydrogens is 540 g/mol. The molecule has 2 aromatic rings. The Bertz CT molecular complexity index is 985. The molecule has 1 atom stereocenters. The number of benzene rings is 2. The number of phenolic OH excluding ortho intramolecular Hbond substituents is 2. The second kappa shape index (κ2) is 8.59. The second-order valence-corrected chi connectivity index (χ2v) is 14.9. The molecule has 0 radical (unpaired) electrons. The molecule has 4 heteroatoms. The predicted octanol–water partition coefficient (Wildman–Crippen LogP) is 9.35. The largest absolute Gasteiger partial charge is 0.506 e. The average Bonchev–Trinajstić information content (AvgIpc) is 2.62. The lowest BCUT2D eigenvalue weighted by Gasteiger charge is -2.49. The summed E-state index contributed by atoms with van der Waals surface area (Å²) in [4.78, 5) is 0. The van der Waals surface area contributed by atoms with E-state index in [9.17, 15) is 10.2 Å². The minimum atomic E-state index is -0.229. The van der Waals surface area contributed by atoms with E-state index >= 15 is 0 Å². The molecule has 1 aliphatic carbocycles. The van der Waals surface area contributed by atoms with Crippen LogP contribution in [0.25, 0.3) is 0 Å². The van der Waals surface area contributed by atoms with Crippen molar-refractivity contribution in [3.63, 3.8) is 0 Å². The van der Waals surface area contributed by atoms with E-state index in [0.717, 1.165) is 32.9 Å². The number of rotatable bonds is 2. The maximum atomic E-state index is 10.9. The van der Waals surface area contributed by atoms with Gasteiger partial charge in [0.2, 0.25) is 0 Å². The van der Waals surface area contributed by atoms with E-state index in [4.69, 9.17) is 0 Å². The van der Waals surface area contributed by atoms with E-state index in [0.29, 0.717) is 17.4 Å². The van der Waals surface area contributed by atoms with Crippen LogP contribution in [0.5, 0.6) is 11.5 Å². The summed E-state index contributed by atoms with van der Waals surface area (Å²) in [6.45, 7) is 20.0. The Balaban J connectivity index is 2.41. The zero-order valence-electron chi connectivity index (χ0n) is 21.7. The van der Waals surface area contributed by atoms with Gasteiger partial charge in [0, 0.05) is 16.5 Å². The molecule has 0 aliphatic heterocycles. The molecule has 1 aliphatic rings. The number of phenols is 2. The van der Waals surface area contributed by atoms with Crippen LogP contribution < -0.4 is 0 Å². The Morgan fingerprint density at radius 2 is 1.15 bits per heavy atom. The van der Waals surface area contributed by atoms with Crippen molar-refractivity contribution in [3.05, 3.63) is 55.5 Å². The molecule has 0 bridgehead atoms. The average molecular weight is 580 g/mol. The van der Waals surface area contributed by atoms with Gasteiger partial charge >= 0.3 is 0 Å². The molecule has 0 heterocycles. The van der Waals surface area contributed by atoms with Gasteiger partial charge in [0.15, 0.2) is 0 Å². The zero-order valence-corrected chi connectivity index (χ0v) is 24.8. The standard InChI is InChI=1S/C29H40Br2O2/c1-17-14-28(8,9)16-29(15-17,18-10-20(26(2,3)4)24(32)22(30)12-18)19-11-21(27(5,6)7)25(33)23(31)13-19/h10-13,17,32-33H,14-16H2,1-9H3. The summed E-state index contributed by atoms with van der Waals surface area (Å²) >= 11 is 7.34. The highest BCUT2D eigenvalue weighted by Gasteiger charge is 2.46. The van der Waals surface area contributed by atoms with Gasteiger partial charge < -0.3 is 10.2 Å². The van der Waals surface area contributed by atoms with Crippen molar-refractivity contribution in [1.82, 2.24) is 0 Å². The molecule has 182 valence electrons. The van der Waals surface area contributed by atoms with E-state index in [-0.39, 0.29) is 21.7 Å². The molecule has 33 heavy (non-hydrogen) atoms. The first kappa shape index (κ1) is 26.6. The number of aromatic hydroxyl groups is 2. The summed E-state index contributed by atoms with van der Waals surface area (Å²) in [6, 6.07) is 8.70. The first-order chi connectivity index (χ1) is 14.9. The van der Waals surface area contributed by atoms with Crippen molar-refractivity contribution in [3.8, 4) is 11.5 Å². The summed E-state index contributed by atoms with van der Waals surface area (Å²) in [6.07, 6.45) is 3.22. The number of hydrogen-bond acceptors (Lipinski definition) is 2. The first-order valence-electron chi connectivity index (χ1n) is 11.9. The van der Waals surface area contributed by atoms with Crippen LogP contribution in [-0.2, 0) is 16.2 Å². The molecule has 1 fully saturated rings. The van der Waals surface area contributed by atoms with Gasteiger partial charge in [-0.15, -0.1) is 0 Å². The van der Waals surface area contributed by atoms with Crippen molar-refractivity contribution in [1.29, 1.82) is 0 Å². The normalized spacial score (nSPS) is 20.6. The lowest BCUT2D eigenvalue weighted by molar-refractivity contribution is 0.126. The molecule has 1 saturated carbocycles. The monoisotopic (exact) mass is 578 g/mol. The summed E-state index contributed by atoms with van der Waals surface area (Å²) in [7, 11) is 0. The van der Waals surface area contributed by atoms with Crippen molar-refractivity contribution < 1.29 is 10.2 Å². The van der Waals surface area contributed by atoms with E-state index < -0.39 is 0 Å². The van der Waals surface area contributed by atoms with E-state index in [1.54, 1.807) is 0 Å². The van der Waals surface area contributed by atoms with Crippen LogP contribution in [0.2, 0.25) is 0 Å². The van der Waals surface area contributed by atoms with Crippen molar-refractivity contribution in [2.45, 2.75) is 97.8 Å².